The van der Waals surface area contributed by atoms with Crippen LogP contribution < -0.4 is 11.1 Å². The van der Waals surface area contributed by atoms with Crippen LogP contribution in [0.3, 0.4) is 0 Å². The van der Waals surface area contributed by atoms with E-state index in [4.69, 9.17) is 5.73 Å². The summed E-state index contributed by atoms with van der Waals surface area (Å²) in [6.45, 7) is 1.94. The number of nitrogens with two attached hydrogens (primary N) is 1. The number of hydrogen-bond acceptors (Lipinski definition) is 3. The van der Waals surface area contributed by atoms with Crippen LogP contribution in [0.5, 0.6) is 0 Å². The molecule has 0 aliphatic carbocycles. The van der Waals surface area contributed by atoms with E-state index in [1.165, 1.54) is 0 Å². The average molecular weight is 173 g/mol. The second kappa shape index (κ2) is 2.94. The third kappa shape index (κ3) is 1.40. The Morgan fingerprint density at radius 2 is 2.23 bits per heavy atom. The minimum absolute atomic E-state index is 0.745. The molecule has 0 saturated heterocycles. The van der Waals surface area contributed by atoms with Gasteiger partial charge in [0.2, 0.25) is 0 Å². The molecule has 2 rings (SSSR count). The van der Waals surface area contributed by atoms with Crippen LogP contribution in [-0.4, -0.2) is 6.21 Å². The second-order valence-electron chi connectivity index (χ2n) is 3.00. The van der Waals surface area contributed by atoms with Crippen molar-refractivity contribution in [1.82, 2.24) is 0 Å². The van der Waals surface area contributed by atoms with Gasteiger partial charge >= 0.3 is 0 Å². The quantitative estimate of drug-likeness (QED) is 0.589. The van der Waals surface area contributed by atoms with Gasteiger partial charge in [0.15, 0.2) is 0 Å². The molecule has 3 heteroatoms. The Morgan fingerprint density at radius 3 is 3.08 bits per heavy atom. The third-order valence-corrected chi connectivity index (χ3v) is 1.96. The van der Waals surface area contributed by atoms with E-state index < -0.39 is 0 Å². The molecule has 0 radical (unpaired) electrons. The molecule has 1 aromatic rings. The number of aliphatic imine (C=N–C) groups is 1. The third-order valence-electron chi connectivity index (χ3n) is 1.96. The zero-order valence-electron chi connectivity index (χ0n) is 7.41. The maximum absolute atomic E-state index is 5.80. The van der Waals surface area contributed by atoms with E-state index in [1.807, 2.05) is 37.5 Å². The molecule has 66 valence electrons. The van der Waals surface area contributed by atoms with Crippen LogP contribution in [0.25, 0.3) is 0 Å². The van der Waals surface area contributed by atoms with E-state index in [0.29, 0.717) is 0 Å². The first-order valence-corrected chi connectivity index (χ1v) is 4.13. The lowest BCUT2D eigenvalue weighted by Crippen LogP contribution is -1.97. The Bertz CT molecular complexity index is 391. The van der Waals surface area contributed by atoms with Gasteiger partial charge in [0, 0.05) is 18.0 Å². The van der Waals surface area contributed by atoms with Crippen LogP contribution in [0.1, 0.15) is 12.5 Å². The van der Waals surface area contributed by atoms with Crippen molar-refractivity contribution in [3.63, 3.8) is 0 Å². The Kier molecular flexibility index (Phi) is 1.77. The van der Waals surface area contributed by atoms with Gasteiger partial charge in [-0.3, -0.25) is 4.99 Å². The fourth-order valence-electron chi connectivity index (χ4n) is 1.25. The summed E-state index contributed by atoms with van der Waals surface area (Å²) in [5.41, 5.74) is 9.44. The van der Waals surface area contributed by atoms with Gasteiger partial charge in [0.25, 0.3) is 0 Å². The minimum atomic E-state index is 0.745. The fraction of sp³-hybridized carbons (Fsp3) is 0.100. The number of rotatable bonds is 0. The highest BCUT2D eigenvalue weighted by Crippen LogP contribution is 2.24. The first-order chi connectivity index (χ1) is 6.27. The number of fused-ring (bicyclic) bond motifs is 1. The van der Waals surface area contributed by atoms with Crippen LogP contribution in [0, 0.1) is 0 Å². The predicted octanol–water partition coefficient (Wildman–Crippen LogP) is 1.97. The van der Waals surface area contributed by atoms with Gasteiger partial charge in [-0.1, -0.05) is 12.1 Å². The van der Waals surface area contributed by atoms with Crippen molar-refractivity contribution in [2.24, 2.45) is 4.99 Å². The molecule has 1 aliphatic rings. The van der Waals surface area contributed by atoms with Crippen molar-refractivity contribution in [3.05, 3.63) is 35.7 Å². The first kappa shape index (κ1) is 7.86. The minimum Gasteiger partial charge on any atom is -0.397 e. The maximum atomic E-state index is 5.80. The molecule has 0 aromatic heterocycles. The van der Waals surface area contributed by atoms with Gasteiger partial charge in [0.1, 0.15) is 0 Å². The largest absolute Gasteiger partial charge is 0.397 e. The van der Waals surface area contributed by atoms with Gasteiger partial charge in [0.05, 0.1) is 17.1 Å². The molecule has 0 bridgehead atoms. The van der Waals surface area contributed by atoms with Gasteiger partial charge in [-0.15, -0.1) is 0 Å². The van der Waals surface area contributed by atoms with Crippen molar-refractivity contribution in [2.75, 3.05) is 11.1 Å². The first-order valence-electron chi connectivity index (χ1n) is 4.13. The topological polar surface area (TPSA) is 50.4 Å². The van der Waals surface area contributed by atoms with Crippen LogP contribution >= 0.6 is 0 Å². The van der Waals surface area contributed by atoms with Gasteiger partial charge in [-0.05, 0) is 13.0 Å². The zero-order chi connectivity index (χ0) is 9.26. The van der Waals surface area contributed by atoms with Crippen molar-refractivity contribution < 1.29 is 0 Å². The highest BCUT2D eigenvalue weighted by Gasteiger charge is 2.04. The summed E-state index contributed by atoms with van der Waals surface area (Å²) in [6.07, 6.45) is 3.66. The monoisotopic (exact) mass is 173 g/mol. The molecule has 13 heavy (non-hydrogen) atoms. The fourth-order valence-corrected chi connectivity index (χ4v) is 1.25. The van der Waals surface area contributed by atoms with Gasteiger partial charge in [-0.2, -0.15) is 0 Å². The number of benzene rings is 1. The summed E-state index contributed by atoms with van der Waals surface area (Å²) >= 11 is 0. The summed E-state index contributed by atoms with van der Waals surface area (Å²) in [7, 11) is 0. The van der Waals surface area contributed by atoms with Crippen LogP contribution in [0.2, 0.25) is 0 Å². The van der Waals surface area contributed by atoms with E-state index in [2.05, 4.69) is 10.3 Å². The average Bonchev–Trinajstić information content (AvgIpc) is 2.30. The molecule has 3 N–H and O–H groups in total. The van der Waals surface area contributed by atoms with E-state index in [-0.39, 0.29) is 0 Å². The van der Waals surface area contributed by atoms with Crippen LogP contribution in [0.4, 0.5) is 11.4 Å². The smallest absolute Gasteiger partial charge is 0.0703 e. The maximum Gasteiger partial charge on any atom is 0.0703 e. The van der Waals surface area contributed by atoms with Crippen molar-refractivity contribution in [2.45, 2.75) is 6.92 Å². The lowest BCUT2D eigenvalue weighted by molar-refractivity contribution is 1.31. The predicted molar refractivity (Wildman–Crippen MR) is 55.8 cm³/mol. The molecular weight excluding hydrogens is 162 g/mol. The van der Waals surface area contributed by atoms with E-state index in [0.717, 1.165) is 22.6 Å². The normalized spacial score (nSPS) is 14.1. The molecule has 0 fully saturated rings. The highest BCUT2D eigenvalue weighted by atomic mass is 14.9. The summed E-state index contributed by atoms with van der Waals surface area (Å²) in [5, 5.41) is 3.13. The number of hydrogen-bond donors (Lipinski definition) is 2. The Morgan fingerprint density at radius 1 is 1.38 bits per heavy atom. The van der Waals surface area contributed by atoms with E-state index >= 15 is 0 Å². The van der Waals surface area contributed by atoms with Gasteiger partial charge < -0.3 is 11.1 Å². The van der Waals surface area contributed by atoms with Crippen molar-refractivity contribution in [1.29, 1.82) is 0 Å². The van der Waals surface area contributed by atoms with Crippen molar-refractivity contribution in [3.8, 4) is 0 Å². The van der Waals surface area contributed by atoms with Gasteiger partial charge in [-0.25, -0.2) is 0 Å². The molecule has 0 saturated carbocycles. The molecular formula is C10H11N3. The summed E-state index contributed by atoms with van der Waals surface area (Å²) < 4.78 is 0. The zero-order valence-corrected chi connectivity index (χ0v) is 7.41. The van der Waals surface area contributed by atoms with Crippen molar-refractivity contribution >= 4 is 17.6 Å². The molecule has 1 aromatic carbocycles. The molecule has 1 aliphatic heterocycles. The SMILES string of the molecule is CC1=CNc2c(N)cccc2C=N1. The van der Waals surface area contributed by atoms with E-state index in [9.17, 15) is 0 Å². The molecule has 0 amide bonds. The molecule has 0 atom stereocenters. The summed E-state index contributed by atoms with van der Waals surface area (Å²) in [5.74, 6) is 0. The standard InChI is InChI=1S/C10H11N3/c1-7-5-13-10-8(6-12-7)3-2-4-9(10)11/h2-6,13H,11H2,1H3. The molecule has 0 unspecified atom stereocenters. The van der Waals surface area contributed by atoms with Crippen LogP contribution in [0.15, 0.2) is 35.1 Å². The summed E-state index contributed by atoms with van der Waals surface area (Å²) in [6, 6.07) is 5.77. The Balaban J connectivity index is 2.55. The number of allylic oxidation sites excluding steroid dienone is 1. The second-order valence-corrected chi connectivity index (χ2v) is 3.00. The summed E-state index contributed by atoms with van der Waals surface area (Å²) in [4.78, 5) is 4.22. The lowest BCUT2D eigenvalue weighted by Gasteiger charge is -2.06. The number of para-hydroxylation sites is 1. The number of anilines is 2. The molecule has 0 spiro atoms. The van der Waals surface area contributed by atoms with Crippen LogP contribution in [-0.2, 0) is 0 Å². The number of nitrogen functional groups attached to an aromatic ring is 1. The Hall–Kier alpha value is -1.77. The molecule has 3 nitrogen and oxygen atoms in total. The number of nitrogens with one attached hydrogen (secondary N) is 1. The lowest BCUT2D eigenvalue weighted by atomic mass is 10.1. The Labute approximate surface area is 77.0 Å². The molecule has 1 heterocycles. The van der Waals surface area contributed by atoms with E-state index in [1.54, 1.807) is 0 Å². The highest BCUT2D eigenvalue weighted by molar-refractivity contribution is 5.93. The number of nitrogens with zero attached hydrogens (tertiary/aromatic N) is 1.